The lowest BCUT2D eigenvalue weighted by Gasteiger charge is -2.14. The molecule has 1 rings (SSSR count). The molecule has 0 spiro atoms. The molecule has 1 unspecified atom stereocenters. The Bertz CT molecular complexity index is 324. The number of phenols is 1. The van der Waals surface area contributed by atoms with Gasteiger partial charge in [0, 0.05) is 19.3 Å². The van der Waals surface area contributed by atoms with Gasteiger partial charge in [-0.05, 0) is 50.4 Å². The summed E-state index contributed by atoms with van der Waals surface area (Å²) in [5.74, 6) is 0.327. The second-order valence-electron chi connectivity index (χ2n) is 5.05. The summed E-state index contributed by atoms with van der Waals surface area (Å²) in [7, 11) is 0. The Morgan fingerprint density at radius 2 is 1.84 bits per heavy atom. The van der Waals surface area contributed by atoms with Crippen LogP contribution in [0.3, 0.4) is 0 Å². The maximum absolute atomic E-state index is 9.22. The molecule has 1 atom stereocenters. The normalized spacial score (nSPS) is 12.5. The second kappa shape index (κ2) is 9.82. The van der Waals surface area contributed by atoms with Crippen molar-refractivity contribution in [1.82, 2.24) is 5.32 Å². The maximum atomic E-state index is 9.22. The molecule has 0 bridgehead atoms. The molecule has 108 valence electrons. The van der Waals surface area contributed by atoms with Gasteiger partial charge in [-0.1, -0.05) is 25.5 Å². The lowest BCUT2D eigenvalue weighted by molar-refractivity contribution is 0.128. The first-order valence-corrected chi connectivity index (χ1v) is 7.31. The number of phenolic OH excluding ortho intramolecular Hbond substituents is 1. The van der Waals surface area contributed by atoms with Crippen LogP contribution in [0.4, 0.5) is 0 Å². The highest BCUT2D eigenvalue weighted by atomic mass is 16.5. The van der Waals surface area contributed by atoms with E-state index >= 15 is 0 Å². The molecule has 0 heterocycles. The molecule has 0 aliphatic carbocycles. The van der Waals surface area contributed by atoms with E-state index in [9.17, 15) is 5.11 Å². The zero-order chi connectivity index (χ0) is 13.9. The summed E-state index contributed by atoms with van der Waals surface area (Å²) in [6.45, 7) is 7.09. The fraction of sp³-hybridized carbons (Fsp3) is 0.625. The first-order chi connectivity index (χ1) is 9.22. The van der Waals surface area contributed by atoms with E-state index in [1.807, 2.05) is 12.1 Å². The lowest BCUT2D eigenvalue weighted by Crippen LogP contribution is -2.29. The van der Waals surface area contributed by atoms with Crippen molar-refractivity contribution < 1.29 is 9.84 Å². The highest BCUT2D eigenvalue weighted by Gasteiger charge is 2.02. The molecular formula is C16H27NO2. The quantitative estimate of drug-likeness (QED) is 0.639. The topological polar surface area (TPSA) is 41.5 Å². The molecule has 0 saturated heterocycles. The molecule has 0 saturated carbocycles. The number of benzene rings is 1. The molecule has 1 aromatic rings. The van der Waals surface area contributed by atoms with E-state index in [0.717, 1.165) is 39.0 Å². The number of unbranched alkanes of at least 4 members (excludes halogenated alkanes) is 1. The molecule has 2 N–H and O–H groups in total. The highest BCUT2D eigenvalue weighted by molar-refractivity contribution is 5.26. The Morgan fingerprint density at radius 1 is 1.16 bits per heavy atom. The summed E-state index contributed by atoms with van der Waals surface area (Å²) in [6, 6.07) is 7.87. The van der Waals surface area contributed by atoms with Crippen molar-refractivity contribution in [2.24, 2.45) is 0 Å². The molecule has 3 heteroatoms. The predicted molar refractivity (Wildman–Crippen MR) is 79.6 cm³/mol. The minimum absolute atomic E-state index is 0.327. The van der Waals surface area contributed by atoms with Gasteiger partial charge in [0.1, 0.15) is 5.75 Å². The van der Waals surface area contributed by atoms with Gasteiger partial charge >= 0.3 is 0 Å². The van der Waals surface area contributed by atoms with E-state index in [1.54, 1.807) is 12.1 Å². The number of rotatable bonds is 10. The van der Waals surface area contributed by atoms with Crippen LogP contribution in [0, 0.1) is 0 Å². The first kappa shape index (κ1) is 16.0. The van der Waals surface area contributed by atoms with Gasteiger partial charge in [0.05, 0.1) is 0 Å². The minimum Gasteiger partial charge on any atom is -0.508 e. The van der Waals surface area contributed by atoms with Crippen molar-refractivity contribution in [2.45, 2.75) is 45.6 Å². The Kier molecular flexibility index (Phi) is 8.26. The van der Waals surface area contributed by atoms with Crippen LogP contribution in [-0.4, -0.2) is 30.9 Å². The van der Waals surface area contributed by atoms with E-state index in [1.165, 1.54) is 12.0 Å². The van der Waals surface area contributed by atoms with Crippen molar-refractivity contribution in [1.29, 1.82) is 0 Å². The number of aromatic hydroxyl groups is 1. The predicted octanol–water partition coefficient (Wildman–Crippen LogP) is 3.12. The third-order valence-electron chi connectivity index (χ3n) is 3.08. The van der Waals surface area contributed by atoms with Gasteiger partial charge in [-0.25, -0.2) is 0 Å². The van der Waals surface area contributed by atoms with Crippen LogP contribution in [-0.2, 0) is 11.2 Å². The van der Waals surface area contributed by atoms with Crippen LogP contribution in [0.2, 0.25) is 0 Å². The molecule has 0 fully saturated rings. The Hall–Kier alpha value is -1.06. The van der Waals surface area contributed by atoms with Crippen LogP contribution in [0.5, 0.6) is 5.75 Å². The summed E-state index contributed by atoms with van der Waals surface area (Å²) < 4.78 is 5.52. The minimum atomic E-state index is 0.327. The fourth-order valence-corrected chi connectivity index (χ4v) is 1.93. The zero-order valence-electron chi connectivity index (χ0n) is 12.2. The van der Waals surface area contributed by atoms with Crippen LogP contribution in [0.25, 0.3) is 0 Å². The number of nitrogens with one attached hydrogen (secondary N) is 1. The van der Waals surface area contributed by atoms with Crippen molar-refractivity contribution in [3.05, 3.63) is 29.8 Å². The van der Waals surface area contributed by atoms with Crippen LogP contribution in [0.1, 0.15) is 38.7 Å². The van der Waals surface area contributed by atoms with Crippen molar-refractivity contribution in [3.8, 4) is 5.75 Å². The molecule has 1 aromatic carbocycles. The number of ether oxygens (including phenoxy) is 1. The molecule has 0 amide bonds. The zero-order valence-corrected chi connectivity index (χ0v) is 12.2. The van der Waals surface area contributed by atoms with Gasteiger partial charge < -0.3 is 15.2 Å². The van der Waals surface area contributed by atoms with E-state index in [2.05, 4.69) is 19.2 Å². The summed E-state index contributed by atoms with van der Waals surface area (Å²) in [6.07, 6.45) is 4.40. The largest absolute Gasteiger partial charge is 0.508 e. The van der Waals surface area contributed by atoms with Gasteiger partial charge in [-0.2, -0.15) is 0 Å². The molecular weight excluding hydrogens is 238 g/mol. The first-order valence-electron chi connectivity index (χ1n) is 7.31. The average Bonchev–Trinajstić information content (AvgIpc) is 2.40. The highest BCUT2D eigenvalue weighted by Crippen LogP contribution is 2.11. The van der Waals surface area contributed by atoms with E-state index in [4.69, 9.17) is 4.74 Å². The summed E-state index contributed by atoms with van der Waals surface area (Å²) in [4.78, 5) is 0. The summed E-state index contributed by atoms with van der Waals surface area (Å²) >= 11 is 0. The van der Waals surface area contributed by atoms with Gasteiger partial charge in [0.2, 0.25) is 0 Å². The van der Waals surface area contributed by atoms with E-state index in [0.29, 0.717) is 11.8 Å². The maximum Gasteiger partial charge on any atom is 0.115 e. The molecule has 0 aliphatic heterocycles. The Morgan fingerprint density at radius 3 is 2.53 bits per heavy atom. The molecule has 0 radical (unpaired) electrons. The van der Waals surface area contributed by atoms with E-state index in [-0.39, 0.29) is 0 Å². The monoisotopic (exact) mass is 265 g/mol. The van der Waals surface area contributed by atoms with Gasteiger partial charge in [-0.15, -0.1) is 0 Å². The molecule has 3 nitrogen and oxygen atoms in total. The van der Waals surface area contributed by atoms with Crippen molar-refractivity contribution in [3.63, 3.8) is 0 Å². The van der Waals surface area contributed by atoms with Gasteiger partial charge in [0.15, 0.2) is 0 Å². The van der Waals surface area contributed by atoms with Crippen molar-refractivity contribution >= 4 is 0 Å². The van der Waals surface area contributed by atoms with Crippen molar-refractivity contribution in [2.75, 3.05) is 19.8 Å². The van der Waals surface area contributed by atoms with Gasteiger partial charge in [0.25, 0.3) is 0 Å². The number of hydrogen-bond acceptors (Lipinski definition) is 3. The fourth-order valence-electron chi connectivity index (χ4n) is 1.93. The molecule has 19 heavy (non-hydrogen) atoms. The summed E-state index contributed by atoms with van der Waals surface area (Å²) in [5.41, 5.74) is 1.25. The van der Waals surface area contributed by atoms with Gasteiger partial charge in [-0.3, -0.25) is 0 Å². The molecule has 0 aromatic heterocycles. The Balaban J connectivity index is 2.04. The third-order valence-corrected chi connectivity index (χ3v) is 3.08. The van der Waals surface area contributed by atoms with Crippen LogP contribution >= 0.6 is 0 Å². The van der Waals surface area contributed by atoms with Crippen LogP contribution < -0.4 is 5.32 Å². The van der Waals surface area contributed by atoms with Crippen LogP contribution in [0.15, 0.2) is 24.3 Å². The summed E-state index contributed by atoms with van der Waals surface area (Å²) in [5, 5.41) is 12.7. The second-order valence-corrected chi connectivity index (χ2v) is 5.05. The standard InChI is InChI=1S/C16H27NO2/c1-3-4-11-19-12-5-10-17-14(2)13-15-6-8-16(18)9-7-15/h6-9,14,17-18H,3-5,10-13H2,1-2H3. The van der Waals surface area contributed by atoms with E-state index < -0.39 is 0 Å². The number of hydrogen-bond donors (Lipinski definition) is 2. The average molecular weight is 265 g/mol. The SMILES string of the molecule is CCCCOCCCNC(C)Cc1ccc(O)cc1. The smallest absolute Gasteiger partial charge is 0.115 e. The third kappa shape index (κ3) is 7.85. The lowest BCUT2D eigenvalue weighted by atomic mass is 10.1. The molecule has 0 aliphatic rings. The Labute approximate surface area is 117 Å².